The van der Waals surface area contributed by atoms with Crippen molar-refractivity contribution in [1.82, 2.24) is 14.6 Å². The van der Waals surface area contributed by atoms with Crippen molar-refractivity contribution < 1.29 is 20.1 Å². The summed E-state index contributed by atoms with van der Waals surface area (Å²) in [6.45, 7) is 9.00. The molecule has 0 atom stereocenters. The molecule has 0 aliphatic heterocycles. The zero-order valence-electron chi connectivity index (χ0n) is 8.93. The van der Waals surface area contributed by atoms with Crippen molar-refractivity contribution in [3.8, 4) is 0 Å². The van der Waals surface area contributed by atoms with Crippen LogP contribution in [0.3, 0.4) is 0 Å². The zero-order chi connectivity index (χ0) is 11.1. The van der Waals surface area contributed by atoms with Gasteiger partial charge in [0.2, 0.25) is 0 Å². The molecule has 0 spiro atoms. The minimum Gasteiger partial charge on any atom is -0.328 e. The normalized spacial score (nSPS) is 10.1. The maximum atomic E-state index is 7.11. The third-order valence-electron chi connectivity index (χ3n) is 2.61. The number of aryl methyl sites for hydroxylation is 1. The van der Waals surface area contributed by atoms with Gasteiger partial charge in [-0.15, -0.1) is 22.6 Å². The number of aromatic nitrogens is 3. The molecule has 0 saturated heterocycles. The average molecular weight is 399 g/mol. The summed E-state index contributed by atoms with van der Waals surface area (Å²) >= 11 is 0. The maximum Gasteiger partial charge on any atom is 0.124 e. The first-order valence-electron chi connectivity index (χ1n) is 4.83. The number of fused-ring (bicyclic) bond motifs is 3. The van der Waals surface area contributed by atoms with Gasteiger partial charge in [0.1, 0.15) is 11.5 Å². The van der Waals surface area contributed by atoms with Gasteiger partial charge in [-0.2, -0.15) is 11.2 Å². The molecule has 3 rings (SSSR count). The molecule has 2 aromatic heterocycles. The number of pyridine rings is 1. The van der Waals surface area contributed by atoms with E-state index in [9.17, 15) is 0 Å². The summed E-state index contributed by atoms with van der Waals surface area (Å²) < 4.78 is 1.90. The minimum atomic E-state index is 0. The Morgan fingerprint density at radius 2 is 2.18 bits per heavy atom. The Bertz CT molecular complexity index is 739. The fourth-order valence-corrected chi connectivity index (χ4v) is 1.82. The second kappa shape index (κ2) is 4.25. The fraction of sp³-hybridized carbons (Fsp3) is 0.0833. The Hall–Kier alpha value is -1.76. The van der Waals surface area contributed by atoms with E-state index >= 15 is 0 Å². The predicted molar refractivity (Wildman–Crippen MR) is 60.3 cm³/mol. The number of hydrogen-bond donors (Lipinski definition) is 0. The van der Waals surface area contributed by atoms with Crippen LogP contribution in [0.2, 0.25) is 0 Å². The summed E-state index contributed by atoms with van der Waals surface area (Å²) in [5, 5.41) is 9.83. The summed E-state index contributed by atoms with van der Waals surface area (Å²) in [6.07, 6.45) is 1.88. The molecular weight excluding hydrogens is 392 g/mol. The number of benzene rings is 1. The SMILES string of the molecule is [C-]#[N+]c1cc[c-]c2c1ccn1c(C)nnc21.[Ir]. The smallest absolute Gasteiger partial charge is 0.124 e. The van der Waals surface area contributed by atoms with Crippen molar-refractivity contribution in [2.75, 3.05) is 0 Å². The van der Waals surface area contributed by atoms with E-state index in [1.165, 1.54) is 0 Å². The van der Waals surface area contributed by atoms with Crippen molar-refractivity contribution in [1.29, 1.82) is 0 Å². The predicted octanol–water partition coefficient (Wildman–Crippen LogP) is 2.54. The van der Waals surface area contributed by atoms with Gasteiger partial charge in [0.25, 0.3) is 0 Å². The van der Waals surface area contributed by atoms with E-state index in [4.69, 9.17) is 6.57 Å². The summed E-state index contributed by atoms with van der Waals surface area (Å²) in [7, 11) is 0. The van der Waals surface area contributed by atoms with E-state index in [1.807, 2.05) is 23.6 Å². The van der Waals surface area contributed by atoms with Crippen molar-refractivity contribution in [2.24, 2.45) is 0 Å². The van der Waals surface area contributed by atoms with E-state index < -0.39 is 0 Å². The Morgan fingerprint density at radius 3 is 2.94 bits per heavy atom. The largest absolute Gasteiger partial charge is 0.328 e. The van der Waals surface area contributed by atoms with Crippen LogP contribution in [0.25, 0.3) is 21.3 Å². The Labute approximate surface area is 111 Å². The molecule has 0 saturated carbocycles. The van der Waals surface area contributed by atoms with E-state index in [-0.39, 0.29) is 20.1 Å². The fourth-order valence-electron chi connectivity index (χ4n) is 1.82. The van der Waals surface area contributed by atoms with Gasteiger partial charge in [0, 0.05) is 20.1 Å². The zero-order valence-corrected chi connectivity index (χ0v) is 11.3. The molecule has 2 heterocycles. The molecule has 5 heteroatoms. The summed E-state index contributed by atoms with van der Waals surface area (Å²) in [4.78, 5) is 3.48. The van der Waals surface area contributed by atoms with Crippen LogP contribution in [0.1, 0.15) is 5.82 Å². The van der Waals surface area contributed by atoms with Crippen LogP contribution in [-0.4, -0.2) is 14.6 Å². The van der Waals surface area contributed by atoms with Crippen LogP contribution in [-0.2, 0) is 20.1 Å². The topological polar surface area (TPSA) is 34.5 Å². The second-order valence-electron chi connectivity index (χ2n) is 3.52. The molecule has 0 fully saturated rings. The first-order chi connectivity index (χ1) is 7.81. The quantitative estimate of drug-likeness (QED) is 0.545. The molecule has 0 aliphatic carbocycles. The monoisotopic (exact) mass is 400 g/mol. The van der Waals surface area contributed by atoms with Crippen molar-refractivity contribution in [2.45, 2.75) is 6.92 Å². The van der Waals surface area contributed by atoms with Crippen LogP contribution in [0.4, 0.5) is 5.69 Å². The van der Waals surface area contributed by atoms with Gasteiger partial charge in [0.05, 0.1) is 12.2 Å². The molecule has 0 bridgehead atoms. The van der Waals surface area contributed by atoms with Gasteiger partial charge < -0.3 is 4.40 Å². The van der Waals surface area contributed by atoms with Crippen molar-refractivity contribution in [3.05, 3.63) is 47.7 Å². The van der Waals surface area contributed by atoms with Gasteiger partial charge in [0.15, 0.2) is 0 Å². The van der Waals surface area contributed by atoms with E-state index in [2.05, 4.69) is 21.1 Å². The van der Waals surface area contributed by atoms with Gasteiger partial charge in [-0.1, -0.05) is 11.5 Å². The first-order valence-corrected chi connectivity index (χ1v) is 4.83. The van der Waals surface area contributed by atoms with Crippen molar-refractivity contribution in [3.63, 3.8) is 0 Å². The summed E-state index contributed by atoms with van der Waals surface area (Å²) in [5.74, 6) is 0.832. The molecule has 85 valence electrons. The van der Waals surface area contributed by atoms with Gasteiger partial charge in [-0.05, 0) is 13.1 Å². The Balaban J connectivity index is 0.00000108. The molecule has 0 aliphatic rings. The molecule has 4 nitrogen and oxygen atoms in total. The average Bonchev–Trinajstić information content (AvgIpc) is 2.70. The maximum absolute atomic E-state index is 7.11. The Kier molecular flexibility index (Phi) is 2.93. The van der Waals surface area contributed by atoms with Crippen LogP contribution in [0, 0.1) is 19.6 Å². The molecular formula is C12H7IrN4-. The van der Waals surface area contributed by atoms with Crippen LogP contribution >= 0.6 is 0 Å². The third-order valence-corrected chi connectivity index (χ3v) is 2.61. The van der Waals surface area contributed by atoms with Gasteiger partial charge in [-0.3, -0.25) is 4.85 Å². The third kappa shape index (κ3) is 1.62. The van der Waals surface area contributed by atoms with Crippen LogP contribution < -0.4 is 0 Å². The van der Waals surface area contributed by atoms with Gasteiger partial charge >= 0.3 is 0 Å². The number of rotatable bonds is 0. The summed E-state index contributed by atoms with van der Waals surface area (Å²) in [5.41, 5.74) is 1.37. The summed E-state index contributed by atoms with van der Waals surface area (Å²) in [6, 6.07) is 8.53. The molecule has 1 aromatic carbocycles. The molecule has 3 aromatic rings. The van der Waals surface area contributed by atoms with Crippen molar-refractivity contribution >= 4 is 22.1 Å². The Morgan fingerprint density at radius 1 is 1.35 bits per heavy atom. The molecule has 0 unspecified atom stereocenters. The molecule has 0 N–H and O–H groups in total. The molecule has 17 heavy (non-hydrogen) atoms. The van der Waals surface area contributed by atoms with E-state index in [0.717, 1.165) is 22.2 Å². The minimum absolute atomic E-state index is 0. The van der Waals surface area contributed by atoms with Crippen LogP contribution in [0.5, 0.6) is 0 Å². The first kappa shape index (κ1) is 11.7. The molecule has 0 amide bonds. The van der Waals surface area contributed by atoms with E-state index in [0.29, 0.717) is 5.69 Å². The standard InChI is InChI=1S/C12H7N4.Ir/c1-8-14-15-12-10-4-3-5-11(13-2)9(10)6-7-16(8)12;/h3,5-7H,1H3;/q-1;. The number of nitrogens with zero attached hydrogens (tertiary/aromatic N) is 4. The second-order valence-corrected chi connectivity index (χ2v) is 3.52. The van der Waals surface area contributed by atoms with Gasteiger partial charge in [-0.25, -0.2) is 0 Å². The van der Waals surface area contributed by atoms with E-state index in [1.54, 1.807) is 12.1 Å². The van der Waals surface area contributed by atoms with Crippen LogP contribution in [0.15, 0.2) is 24.4 Å². The number of hydrogen-bond acceptors (Lipinski definition) is 2. The molecule has 1 radical (unpaired) electrons.